The molecule has 0 aliphatic heterocycles. The molecule has 1 amide bonds. The van der Waals surface area contributed by atoms with Crippen molar-refractivity contribution in [1.82, 2.24) is 15.5 Å². The first-order valence-corrected chi connectivity index (χ1v) is 8.92. The number of carbonyl (C=O) groups is 1. The summed E-state index contributed by atoms with van der Waals surface area (Å²) in [5.74, 6) is 0.772. The molecule has 0 radical (unpaired) electrons. The summed E-state index contributed by atoms with van der Waals surface area (Å²) in [6.07, 6.45) is 0. The van der Waals surface area contributed by atoms with Crippen molar-refractivity contribution in [3.05, 3.63) is 70.1 Å². The van der Waals surface area contributed by atoms with Crippen molar-refractivity contribution in [3.63, 3.8) is 0 Å². The fraction of sp³-hybridized carbons (Fsp3) is 0.250. The van der Waals surface area contributed by atoms with Gasteiger partial charge in [0.2, 0.25) is 11.7 Å². The van der Waals surface area contributed by atoms with Gasteiger partial charge in [0.25, 0.3) is 11.6 Å². The average molecular weight is 396 g/mol. The first kappa shape index (κ1) is 20.0. The molecule has 0 fully saturated rings. The third kappa shape index (κ3) is 4.57. The molecular formula is C20H20N4O5. The zero-order valence-electron chi connectivity index (χ0n) is 16.2. The summed E-state index contributed by atoms with van der Waals surface area (Å²) < 4.78 is 10.4. The predicted octanol–water partition coefficient (Wildman–Crippen LogP) is 3.78. The molecule has 0 spiro atoms. The number of nitrogens with one attached hydrogen (secondary N) is 1. The van der Waals surface area contributed by atoms with Crippen LogP contribution in [0.4, 0.5) is 5.69 Å². The second-order valence-electron chi connectivity index (χ2n) is 6.69. The number of nitrogens with zero attached hydrogens (tertiary/aromatic N) is 3. The summed E-state index contributed by atoms with van der Waals surface area (Å²) in [5, 5.41) is 17.8. The number of hydrogen-bond acceptors (Lipinski definition) is 7. The number of non-ortho nitro benzene ring substituents is 1. The van der Waals surface area contributed by atoms with Crippen molar-refractivity contribution in [2.24, 2.45) is 5.92 Å². The summed E-state index contributed by atoms with van der Waals surface area (Å²) >= 11 is 0. The van der Waals surface area contributed by atoms with Crippen LogP contribution in [-0.2, 0) is 0 Å². The van der Waals surface area contributed by atoms with Crippen LogP contribution in [0.15, 0.2) is 53.1 Å². The quantitative estimate of drug-likeness (QED) is 0.476. The van der Waals surface area contributed by atoms with Crippen LogP contribution in [0.3, 0.4) is 0 Å². The number of aromatic nitrogens is 2. The maximum Gasteiger partial charge on any atom is 0.270 e. The van der Waals surface area contributed by atoms with Crippen LogP contribution in [0.5, 0.6) is 5.75 Å². The van der Waals surface area contributed by atoms with Crippen LogP contribution in [0.25, 0.3) is 11.4 Å². The highest BCUT2D eigenvalue weighted by atomic mass is 16.6. The maximum absolute atomic E-state index is 12.6. The number of carbonyl (C=O) groups excluding carboxylic acids is 1. The van der Waals surface area contributed by atoms with E-state index in [9.17, 15) is 14.9 Å². The fourth-order valence-electron chi connectivity index (χ4n) is 2.72. The van der Waals surface area contributed by atoms with Gasteiger partial charge in [-0.1, -0.05) is 31.1 Å². The number of hydrogen-bond donors (Lipinski definition) is 1. The summed E-state index contributed by atoms with van der Waals surface area (Å²) in [4.78, 5) is 27.4. The Morgan fingerprint density at radius 1 is 1.21 bits per heavy atom. The van der Waals surface area contributed by atoms with E-state index in [1.165, 1.54) is 12.1 Å². The second-order valence-corrected chi connectivity index (χ2v) is 6.69. The molecule has 29 heavy (non-hydrogen) atoms. The molecule has 0 aliphatic rings. The van der Waals surface area contributed by atoms with E-state index in [-0.39, 0.29) is 29.2 Å². The van der Waals surface area contributed by atoms with Crippen molar-refractivity contribution in [1.29, 1.82) is 0 Å². The Labute approximate surface area is 166 Å². The Hall–Kier alpha value is -3.75. The molecule has 0 saturated carbocycles. The molecule has 9 heteroatoms. The predicted molar refractivity (Wildman–Crippen MR) is 104 cm³/mol. The topological polar surface area (TPSA) is 120 Å². The van der Waals surface area contributed by atoms with Gasteiger partial charge >= 0.3 is 0 Å². The summed E-state index contributed by atoms with van der Waals surface area (Å²) in [5.41, 5.74) is 0.857. The van der Waals surface area contributed by atoms with E-state index < -0.39 is 11.0 Å². The number of benzene rings is 2. The highest BCUT2D eigenvalue weighted by Crippen LogP contribution is 2.26. The molecule has 150 valence electrons. The van der Waals surface area contributed by atoms with Gasteiger partial charge in [0.15, 0.2) is 0 Å². The summed E-state index contributed by atoms with van der Waals surface area (Å²) in [6.45, 7) is 3.83. The van der Waals surface area contributed by atoms with Crippen molar-refractivity contribution in [3.8, 4) is 17.1 Å². The van der Waals surface area contributed by atoms with Crippen LogP contribution in [0.2, 0.25) is 0 Å². The van der Waals surface area contributed by atoms with E-state index in [1.54, 1.807) is 43.5 Å². The first-order chi connectivity index (χ1) is 13.9. The third-order valence-corrected chi connectivity index (χ3v) is 4.33. The van der Waals surface area contributed by atoms with Crippen molar-refractivity contribution in [2.75, 3.05) is 7.11 Å². The molecule has 0 unspecified atom stereocenters. The molecule has 0 aliphatic carbocycles. The zero-order chi connectivity index (χ0) is 21.0. The highest BCUT2D eigenvalue weighted by molar-refractivity contribution is 5.94. The molecule has 1 heterocycles. The smallest absolute Gasteiger partial charge is 0.270 e. The van der Waals surface area contributed by atoms with Gasteiger partial charge < -0.3 is 14.6 Å². The molecule has 3 rings (SSSR count). The van der Waals surface area contributed by atoms with E-state index in [0.717, 1.165) is 0 Å². The molecule has 0 saturated heterocycles. The first-order valence-electron chi connectivity index (χ1n) is 8.92. The number of amides is 1. The van der Waals surface area contributed by atoms with Gasteiger partial charge in [0, 0.05) is 23.3 Å². The van der Waals surface area contributed by atoms with Crippen LogP contribution in [0, 0.1) is 16.0 Å². The Kier molecular flexibility index (Phi) is 5.87. The summed E-state index contributed by atoms with van der Waals surface area (Å²) in [6, 6.07) is 12.2. The van der Waals surface area contributed by atoms with E-state index in [1.807, 2.05) is 13.8 Å². The van der Waals surface area contributed by atoms with E-state index in [4.69, 9.17) is 9.26 Å². The van der Waals surface area contributed by atoms with Crippen LogP contribution in [0.1, 0.15) is 36.1 Å². The minimum absolute atomic E-state index is 0.0318. The lowest BCUT2D eigenvalue weighted by Gasteiger charge is -2.18. The molecule has 3 aromatic rings. The number of methoxy groups -OCH3 is 1. The molecule has 2 aromatic carbocycles. The molecule has 0 bridgehead atoms. The zero-order valence-corrected chi connectivity index (χ0v) is 16.2. The molecule has 1 atom stereocenters. The molecule has 9 nitrogen and oxygen atoms in total. The SMILES string of the molecule is COc1ccc(C(=O)N[C@H](c2nc(-c3cccc([N+](=O)[O-])c3)no2)C(C)C)cc1. The van der Waals surface area contributed by atoms with E-state index >= 15 is 0 Å². The van der Waals surface area contributed by atoms with Crippen molar-refractivity contribution >= 4 is 11.6 Å². The Bertz CT molecular complexity index is 1010. The lowest BCUT2D eigenvalue weighted by molar-refractivity contribution is -0.384. The molecule has 1 N–H and O–H groups in total. The highest BCUT2D eigenvalue weighted by Gasteiger charge is 2.25. The van der Waals surface area contributed by atoms with E-state index in [0.29, 0.717) is 16.9 Å². The van der Waals surface area contributed by atoms with Crippen LogP contribution < -0.4 is 10.1 Å². The van der Waals surface area contributed by atoms with Crippen molar-refractivity contribution < 1.29 is 19.0 Å². The number of ether oxygens (including phenoxy) is 1. The lowest BCUT2D eigenvalue weighted by Crippen LogP contribution is -2.32. The molecular weight excluding hydrogens is 376 g/mol. The van der Waals surface area contributed by atoms with Gasteiger partial charge in [-0.2, -0.15) is 4.98 Å². The standard InChI is InChI=1S/C20H20N4O5/c1-12(2)17(21-19(25)13-7-9-16(28-3)10-8-13)20-22-18(23-29-20)14-5-4-6-15(11-14)24(26)27/h4-12,17H,1-3H3,(H,21,25)/t17-/m0/s1. The van der Waals surface area contributed by atoms with Gasteiger partial charge in [-0.3, -0.25) is 14.9 Å². The molecule has 1 aromatic heterocycles. The largest absolute Gasteiger partial charge is 0.497 e. The minimum atomic E-state index is -0.524. The minimum Gasteiger partial charge on any atom is -0.497 e. The monoisotopic (exact) mass is 396 g/mol. The van der Waals surface area contributed by atoms with E-state index in [2.05, 4.69) is 15.5 Å². The fourth-order valence-corrected chi connectivity index (χ4v) is 2.72. The number of nitro benzene ring substituents is 1. The normalized spacial score (nSPS) is 11.9. The van der Waals surface area contributed by atoms with Crippen LogP contribution >= 0.6 is 0 Å². The van der Waals surface area contributed by atoms with Gasteiger partial charge in [0.1, 0.15) is 11.8 Å². The average Bonchev–Trinajstić information content (AvgIpc) is 3.21. The Morgan fingerprint density at radius 3 is 2.55 bits per heavy atom. The maximum atomic E-state index is 12.6. The third-order valence-electron chi connectivity index (χ3n) is 4.33. The second kappa shape index (κ2) is 8.51. The lowest BCUT2D eigenvalue weighted by atomic mass is 10.0. The van der Waals surface area contributed by atoms with Gasteiger partial charge in [0.05, 0.1) is 12.0 Å². The van der Waals surface area contributed by atoms with Gasteiger partial charge in [-0.15, -0.1) is 0 Å². The Morgan fingerprint density at radius 2 is 1.93 bits per heavy atom. The number of rotatable bonds is 7. The Balaban J connectivity index is 1.82. The summed E-state index contributed by atoms with van der Waals surface area (Å²) in [7, 11) is 1.55. The van der Waals surface area contributed by atoms with Crippen molar-refractivity contribution in [2.45, 2.75) is 19.9 Å². The van der Waals surface area contributed by atoms with Crippen LogP contribution in [-0.4, -0.2) is 28.1 Å². The number of nitro groups is 1. The van der Waals surface area contributed by atoms with Gasteiger partial charge in [-0.25, -0.2) is 0 Å². The van der Waals surface area contributed by atoms with Gasteiger partial charge in [-0.05, 0) is 30.2 Å².